The summed E-state index contributed by atoms with van der Waals surface area (Å²) in [6, 6.07) is 9.59. The van der Waals surface area contributed by atoms with E-state index in [9.17, 15) is 4.79 Å². The van der Waals surface area contributed by atoms with Crippen LogP contribution in [0.2, 0.25) is 0 Å². The monoisotopic (exact) mass is 262 g/mol. The zero-order valence-electron chi connectivity index (χ0n) is 12.2. The number of nitrogens with two attached hydrogens (primary N) is 1. The van der Waals surface area contributed by atoms with Gasteiger partial charge in [0.2, 0.25) is 5.91 Å². The van der Waals surface area contributed by atoms with Gasteiger partial charge < -0.3 is 11.1 Å². The van der Waals surface area contributed by atoms with E-state index in [1.54, 1.807) is 0 Å². The third kappa shape index (κ3) is 5.88. The van der Waals surface area contributed by atoms with E-state index in [0.717, 1.165) is 18.4 Å². The van der Waals surface area contributed by atoms with E-state index in [4.69, 9.17) is 5.73 Å². The van der Waals surface area contributed by atoms with Crippen molar-refractivity contribution in [2.45, 2.75) is 52.1 Å². The first-order valence-electron chi connectivity index (χ1n) is 7.12. The average Bonchev–Trinajstić information content (AvgIpc) is 2.39. The Hall–Kier alpha value is -1.35. The van der Waals surface area contributed by atoms with Crippen LogP contribution in [0, 0.1) is 5.92 Å². The Bertz CT molecular complexity index is 378. The first-order valence-corrected chi connectivity index (χ1v) is 7.12. The van der Waals surface area contributed by atoms with E-state index in [0.29, 0.717) is 12.3 Å². The minimum Gasteiger partial charge on any atom is -0.352 e. The number of rotatable bonds is 7. The maximum atomic E-state index is 12.0. The number of carbonyl (C=O) groups excluding carboxylic acids is 1. The van der Waals surface area contributed by atoms with Gasteiger partial charge >= 0.3 is 0 Å². The molecule has 3 nitrogen and oxygen atoms in total. The predicted molar refractivity (Wildman–Crippen MR) is 79.8 cm³/mol. The van der Waals surface area contributed by atoms with Crippen molar-refractivity contribution in [3.05, 3.63) is 35.9 Å². The zero-order valence-corrected chi connectivity index (χ0v) is 12.2. The van der Waals surface area contributed by atoms with Gasteiger partial charge in [0, 0.05) is 6.04 Å². The molecule has 3 N–H and O–H groups in total. The minimum atomic E-state index is -0.471. The van der Waals surface area contributed by atoms with E-state index in [-0.39, 0.29) is 11.9 Å². The molecule has 3 heteroatoms. The quantitative estimate of drug-likeness (QED) is 0.793. The minimum absolute atomic E-state index is 0.0559. The Morgan fingerprint density at radius 3 is 2.47 bits per heavy atom. The van der Waals surface area contributed by atoms with Gasteiger partial charge in [-0.05, 0) is 31.2 Å². The Kier molecular flexibility index (Phi) is 6.57. The molecule has 1 rings (SSSR count). The number of carbonyl (C=O) groups is 1. The number of benzene rings is 1. The van der Waals surface area contributed by atoms with Crippen LogP contribution in [0.5, 0.6) is 0 Å². The molecule has 0 bridgehead atoms. The smallest absolute Gasteiger partial charge is 0.237 e. The molecule has 1 aromatic carbocycles. The zero-order chi connectivity index (χ0) is 14.3. The summed E-state index contributed by atoms with van der Waals surface area (Å²) in [4.78, 5) is 12.0. The van der Waals surface area contributed by atoms with Crippen LogP contribution in [-0.2, 0) is 11.2 Å². The van der Waals surface area contributed by atoms with Crippen molar-refractivity contribution in [3.8, 4) is 0 Å². The molecule has 3 atom stereocenters. The Labute approximate surface area is 116 Å². The lowest BCUT2D eigenvalue weighted by atomic mass is 9.99. The summed E-state index contributed by atoms with van der Waals surface area (Å²) in [6.07, 6.45) is 2.72. The fourth-order valence-corrected chi connectivity index (χ4v) is 2.14. The second-order valence-electron chi connectivity index (χ2n) is 5.45. The molecule has 0 spiro atoms. The van der Waals surface area contributed by atoms with Gasteiger partial charge in [-0.2, -0.15) is 0 Å². The largest absolute Gasteiger partial charge is 0.352 e. The van der Waals surface area contributed by atoms with Crippen molar-refractivity contribution in [2.75, 3.05) is 0 Å². The molecule has 0 heterocycles. The van der Waals surface area contributed by atoms with Crippen molar-refractivity contribution in [1.29, 1.82) is 0 Å². The number of amides is 1. The normalized spacial score (nSPS) is 15.6. The SMILES string of the molecule is CCC(C)CC(C)NC(=O)[C@H](N)Cc1ccccc1. The van der Waals surface area contributed by atoms with Crippen LogP contribution in [-0.4, -0.2) is 18.0 Å². The molecule has 0 aliphatic heterocycles. The average molecular weight is 262 g/mol. The van der Waals surface area contributed by atoms with Gasteiger partial charge in [-0.1, -0.05) is 50.6 Å². The Morgan fingerprint density at radius 2 is 1.89 bits per heavy atom. The van der Waals surface area contributed by atoms with Gasteiger partial charge in [0.15, 0.2) is 0 Å². The number of nitrogens with one attached hydrogen (secondary N) is 1. The highest BCUT2D eigenvalue weighted by Gasteiger charge is 2.17. The topological polar surface area (TPSA) is 55.1 Å². The van der Waals surface area contributed by atoms with Crippen LogP contribution < -0.4 is 11.1 Å². The highest BCUT2D eigenvalue weighted by atomic mass is 16.2. The lowest BCUT2D eigenvalue weighted by Gasteiger charge is -2.20. The summed E-state index contributed by atoms with van der Waals surface area (Å²) in [5, 5.41) is 3.00. The van der Waals surface area contributed by atoms with Gasteiger partial charge in [0.1, 0.15) is 0 Å². The van der Waals surface area contributed by atoms with E-state index >= 15 is 0 Å². The fraction of sp³-hybridized carbons (Fsp3) is 0.562. The summed E-state index contributed by atoms with van der Waals surface area (Å²) < 4.78 is 0. The van der Waals surface area contributed by atoms with Gasteiger partial charge in [-0.25, -0.2) is 0 Å². The first kappa shape index (κ1) is 15.7. The predicted octanol–water partition coefficient (Wildman–Crippen LogP) is 2.50. The van der Waals surface area contributed by atoms with Crippen LogP contribution in [0.4, 0.5) is 0 Å². The number of hydrogen-bond acceptors (Lipinski definition) is 2. The molecular formula is C16H26N2O. The van der Waals surface area contributed by atoms with E-state index in [1.807, 2.05) is 37.3 Å². The summed E-state index contributed by atoms with van der Waals surface area (Å²) in [5.41, 5.74) is 7.05. The van der Waals surface area contributed by atoms with Crippen LogP contribution in [0.1, 0.15) is 39.2 Å². The Balaban J connectivity index is 2.40. The molecule has 0 saturated carbocycles. The number of hydrogen-bond donors (Lipinski definition) is 2. The highest BCUT2D eigenvalue weighted by molar-refractivity contribution is 5.82. The van der Waals surface area contributed by atoms with Crippen LogP contribution in [0.25, 0.3) is 0 Å². The lowest BCUT2D eigenvalue weighted by molar-refractivity contribution is -0.123. The van der Waals surface area contributed by atoms with Gasteiger partial charge in [-0.15, -0.1) is 0 Å². The lowest BCUT2D eigenvalue weighted by Crippen LogP contribution is -2.45. The molecule has 0 aliphatic rings. The standard InChI is InChI=1S/C16H26N2O/c1-4-12(2)10-13(3)18-16(19)15(17)11-14-8-6-5-7-9-14/h5-9,12-13,15H,4,10-11,17H2,1-3H3,(H,18,19)/t12?,13?,15-/m1/s1. The molecule has 1 aromatic rings. The van der Waals surface area contributed by atoms with E-state index in [1.165, 1.54) is 0 Å². The molecular weight excluding hydrogens is 236 g/mol. The summed E-state index contributed by atoms with van der Waals surface area (Å²) >= 11 is 0. The molecule has 1 amide bonds. The van der Waals surface area contributed by atoms with Crippen molar-refractivity contribution in [2.24, 2.45) is 11.7 Å². The van der Waals surface area contributed by atoms with Gasteiger partial charge in [0.25, 0.3) is 0 Å². The molecule has 0 aliphatic carbocycles. The van der Waals surface area contributed by atoms with Gasteiger partial charge in [0.05, 0.1) is 6.04 Å². The molecule has 2 unspecified atom stereocenters. The molecule has 106 valence electrons. The molecule has 19 heavy (non-hydrogen) atoms. The molecule has 0 fully saturated rings. The molecule has 0 saturated heterocycles. The highest BCUT2D eigenvalue weighted by Crippen LogP contribution is 2.09. The van der Waals surface area contributed by atoms with Crippen LogP contribution >= 0.6 is 0 Å². The maximum Gasteiger partial charge on any atom is 0.237 e. The second kappa shape index (κ2) is 7.95. The fourth-order valence-electron chi connectivity index (χ4n) is 2.14. The van der Waals surface area contributed by atoms with Gasteiger partial charge in [-0.3, -0.25) is 4.79 Å². The van der Waals surface area contributed by atoms with Crippen molar-refractivity contribution >= 4 is 5.91 Å². The summed E-state index contributed by atoms with van der Waals surface area (Å²) in [6.45, 7) is 6.41. The third-order valence-corrected chi connectivity index (χ3v) is 3.48. The van der Waals surface area contributed by atoms with Crippen molar-refractivity contribution in [1.82, 2.24) is 5.32 Å². The maximum absolute atomic E-state index is 12.0. The molecule has 0 aromatic heterocycles. The van der Waals surface area contributed by atoms with Crippen LogP contribution in [0.3, 0.4) is 0 Å². The van der Waals surface area contributed by atoms with Crippen molar-refractivity contribution < 1.29 is 4.79 Å². The summed E-state index contributed by atoms with van der Waals surface area (Å²) in [5.74, 6) is 0.570. The first-order chi connectivity index (χ1) is 9.02. The second-order valence-corrected chi connectivity index (χ2v) is 5.45. The summed E-state index contributed by atoms with van der Waals surface area (Å²) in [7, 11) is 0. The van der Waals surface area contributed by atoms with E-state index < -0.39 is 6.04 Å². The van der Waals surface area contributed by atoms with E-state index in [2.05, 4.69) is 19.2 Å². The Morgan fingerprint density at radius 1 is 1.26 bits per heavy atom. The third-order valence-electron chi connectivity index (χ3n) is 3.48. The van der Waals surface area contributed by atoms with Crippen LogP contribution in [0.15, 0.2) is 30.3 Å². The molecule has 0 radical (unpaired) electrons. The van der Waals surface area contributed by atoms with Crippen molar-refractivity contribution in [3.63, 3.8) is 0 Å².